The van der Waals surface area contributed by atoms with Crippen LogP contribution in [0.15, 0.2) is 0 Å². The molecule has 0 spiro atoms. The highest BCUT2D eigenvalue weighted by Crippen LogP contribution is 2.13. The molecule has 2 heteroatoms. The van der Waals surface area contributed by atoms with E-state index in [0.29, 0.717) is 0 Å². The Morgan fingerprint density at radius 3 is 2.07 bits per heavy atom. The van der Waals surface area contributed by atoms with Crippen LogP contribution in [0.4, 0.5) is 0 Å². The Morgan fingerprint density at radius 1 is 0.929 bits per heavy atom. The monoisotopic (exact) mass is 217 g/mol. The molecular weight excluding hydrogens is 190 g/mol. The summed E-state index contributed by atoms with van der Waals surface area (Å²) in [5, 5.41) is 4.26. The number of hydrogen-bond donors (Lipinski definition) is 1. The summed E-state index contributed by atoms with van der Waals surface area (Å²) >= 11 is 2.09. The molecule has 86 valence electrons. The SMILES string of the molecule is CC(C)CCSC(C)CNCC(C)C. The molecule has 0 amide bonds. The van der Waals surface area contributed by atoms with E-state index in [-0.39, 0.29) is 0 Å². The summed E-state index contributed by atoms with van der Waals surface area (Å²) in [4.78, 5) is 0. The molecule has 0 aromatic heterocycles. The van der Waals surface area contributed by atoms with Crippen molar-refractivity contribution >= 4 is 11.8 Å². The third-order valence-electron chi connectivity index (χ3n) is 2.08. The zero-order valence-electron chi connectivity index (χ0n) is 10.5. The van der Waals surface area contributed by atoms with Gasteiger partial charge in [-0.05, 0) is 30.6 Å². The number of hydrogen-bond acceptors (Lipinski definition) is 2. The normalized spacial score (nSPS) is 13.9. The van der Waals surface area contributed by atoms with E-state index < -0.39 is 0 Å². The van der Waals surface area contributed by atoms with Gasteiger partial charge in [-0.3, -0.25) is 0 Å². The Hall–Kier alpha value is 0.310. The lowest BCUT2D eigenvalue weighted by atomic mass is 10.2. The van der Waals surface area contributed by atoms with Gasteiger partial charge in [0.25, 0.3) is 0 Å². The summed E-state index contributed by atoms with van der Waals surface area (Å²) in [5.74, 6) is 2.92. The van der Waals surface area contributed by atoms with E-state index in [4.69, 9.17) is 0 Å². The minimum atomic E-state index is 0.757. The molecule has 0 rings (SSSR count). The van der Waals surface area contributed by atoms with Crippen LogP contribution >= 0.6 is 11.8 Å². The van der Waals surface area contributed by atoms with Crippen molar-refractivity contribution in [3.05, 3.63) is 0 Å². The van der Waals surface area contributed by atoms with Crippen molar-refractivity contribution in [1.82, 2.24) is 5.32 Å². The van der Waals surface area contributed by atoms with Crippen LogP contribution in [-0.2, 0) is 0 Å². The molecule has 1 unspecified atom stereocenters. The molecule has 0 aromatic carbocycles. The third-order valence-corrected chi connectivity index (χ3v) is 3.29. The second kappa shape index (κ2) is 8.60. The molecule has 0 saturated carbocycles. The number of rotatable bonds is 8. The second-order valence-corrected chi connectivity index (χ2v) is 6.46. The Balaban J connectivity index is 3.23. The van der Waals surface area contributed by atoms with E-state index in [0.717, 1.165) is 30.2 Å². The lowest BCUT2D eigenvalue weighted by Crippen LogP contribution is -2.26. The molecule has 0 saturated heterocycles. The fraction of sp³-hybridized carbons (Fsp3) is 1.00. The van der Waals surface area contributed by atoms with Gasteiger partial charge in [-0.2, -0.15) is 11.8 Å². The smallest absolute Gasteiger partial charge is 0.0144 e. The van der Waals surface area contributed by atoms with Gasteiger partial charge >= 0.3 is 0 Å². The van der Waals surface area contributed by atoms with Gasteiger partial charge in [-0.1, -0.05) is 34.6 Å². The summed E-state index contributed by atoms with van der Waals surface area (Å²) in [6.07, 6.45) is 1.35. The van der Waals surface area contributed by atoms with Crippen LogP contribution in [0.3, 0.4) is 0 Å². The van der Waals surface area contributed by atoms with Crippen LogP contribution < -0.4 is 5.32 Å². The average Bonchev–Trinajstić information content (AvgIpc) is 2.02. The van der Waals surface area contributed by atoms with Crippen molar-refractivity contribution in [3.63, 3.8) is 0 Å². The minimum Gasteiger partial charge on any atom is -0.315 e. The third kappa shape index (κ3) is 10.4. The van der Waals surface area contributed by atoms with Gasteiger partial charge in [0.2, 0.25) is 0 Å². The van der Waals surface area contributed by atoms with Crippen molar-refractivity contribution < 1.29 is 0 Å². The van der Waals surface area contributed by atoms with Gasteiger partial charge in [-0.25, -0.2) is 0 Å². The molecule has 0 aliphatic rings. The molecule has 0 aliphatic heterocycles. The van der Waals surface area contributed by atoms with Crippen LogP contribution in [0.25, 0.3) is 0 Å². The molecule has 0 fully saturated rings. The van der Waals surface area contributed by atoms with Gasteiger partial charge in [0.05, 0.1) is 0 Å². The standard InChI is InChI=1S/C12H27NS/c1-10(2)6-7-14-12(5)9-13-8-11(3)4/h10-13H,6-9H2,1-5H3. The van der Waals surface area contributed by atoms with Crippen molar-refractivity contribution in [1.29, 1.82) is 0 Å². The predicted octanol–water partition coefficient (Wildman–Crippen LogP) is 3.40. The van der Waals surface area contributed by atoms with E-state index >= 15 is 0 Å². The van der Waals surface area contributed by atoms with E-state index in [1.54, 1.807) is 0 Å². The highest BCUT2D eigenvalue weighted by molar-refractivity contribution is 7.99. The molecule has 1 N–H and O–H groups in total. The maximum atomic E-state index is 3.50. The largest absolute Gasteiger partial charge is 0.315 e. The van der Waals surface area contributed by atoms with Gasteiger partial charge in [0, 0.05) is 11.8 Å². The summed E-state index contributed by atoms with van der Waals surface area (Å²) in [5.41, 5.74) is 0. The number of nitrogens with one attached hydrogen (secondary N) is 1. The van der Waals surface area contributed by atoms with Crippen molar-refractivity contribution in [3.8, 4) is 0 Å². The first-order chi connectivity index (χ1) is 6.52. The van der Waals surface area contributed by atoms with E-state index in [2.05, 4.69) is 51.7 Å². The Kier molecular flexibility index (Phi) is 8.80. The van der Waals surface area contributed by atoms with Crippen molar-refractivity contribution in [2.75, 3.05) is 18.8 Å². The van der Waals surface area contributed by atoms with Crippen LogP contribution in [-0.4, -0.2) is 24.1 Å². The Morgan fingerprint density at radius 2 is 1.57 bits per heavy atom. The highest BCUT2D eigenvalue weighted by Gasteiger charge is 2.03. The lowest BCUT2D eigenvalue weighted by molar-refractivity contribution is 0.553. The van der Waals surface area contributed by atoms with E-state index in [9.17, 15) is 0 Å². The van der Waals surface area contributed by atoms with Crippen LogP contribution in [0.2, 0.25) is 0 Å². The van der Waals surface area contributed by atoms with Crippen molar-refractivity contribution in [2.45, 2.75) is 46.3 Å². The molecule has 0 bridgehead atoms. The lowest BCUT2D eigenvalue weighted by Gasteiger charge is -2.14. The van der Waals surface area contributed by atoms with Crippen molar-refractivity contribution in [2.24, 2.45) is 11.8 Å². The van der Waals surface area contributed by atoms with E-state index in [1.807, 2.05) is 0 Å². The fourth-order valence-electron chi connectivity index (χ4n) is 1.14. The molecule has 1 atom stereocenters. The second-order valence-electron chi connectivity index (χ2n) is 4.92. The summed E-state index contributed by atoms with van der Waals surface area (Å²) in [6, 6.07) is 0. The van der Waals surface area contributed by atoms with Crippen LogP contribution in [0.5, 0.6) is 0 Å². The topological polar surface area (TPSA) is 12.0 Å². The Bertz CT molecular complexity index is 109. The van der Waals surface area contributed by atoms with Gasteiger partial charge in [0.15, 0.2) is 0 Å². The molecule has 0 heterocycles. The molecule has 0 aliphatic carbocycles. The molecule has 14 heavy (non-hydrogen) atoms. The van der Waals surface area contributed by atoms with E-state index in [1.165, 1.54) is 12.2 Å². The first kappa shape index (κ1) is 14.3. The van der Waals surface area contributed by atoms with Crippen LogP contribution in [0.1, 0.15) is 41.0 Å². The van der Waals surface area contributed by atoms with Gasteiger partial charge in [0.1, 0.15) is 0 Å². The zero-order valence-corrected chi connectivity index (χ0v) is 11.3. The molecule has 1 nitrogen and oxygen atoms in total. The molecule has 0 radical (unpaired) electrons. The fourth-order valence-corrected chi connectivity index (χ4v) is 2.38. The van der Waals surface area contributed by atoms with Crippen LogP contribution in [0, 0.1) is 11.8 Å². The maximum absolute atomic E-state index is 3.50. The zero-order chi connectivity index (χ0) is 11.0. The summed E-state index contributed by atoms with van der Waals surface area (Å²) in [6.45, 7) is 13.7. The maximum Gasteiger partial charge on any atom is 0.0144 e. The average molecular weight is 217 g/mol. The Labute approximate surface area is 94.4 Å². The highest BCUT2D eigenvalue weighted by atomic mass is 32.2. The summed E-state index contributed by atoms with van der Waals surface area (Å²) in [7, 11) is 0. The predicted molar refractivity (Wildman–Crippen MR) is 69.1 cm³/mol. The molecular formula is C12H27NS. The quantitative estimate of drug-likeness (QED) is 0.669. The first-order valence-electron chi connectivity index (χ1n) is 5.84. The van der Waals surface area contributed by atoms with Gasteiger partial charge in [-0.15, -0.1) is 0 Å². The summed E-state index contributed by atoms with van der Waals surface area (Å²) < 4.78 is 0. The number of thioether (sulfide) groups is 1. The minimum absolute atomic E-state index is 0.757. The van der Waals surface area contributed by atoms with Gasteiger partial charge < -0.3 is 5.32 Å². The first-order valence-corrected chi connectivity index (χ1v) is 6.89. The molecule has 0 aromatic rings.